The summed E-state index contributed by atoms with van der Waals surface area (Å²) in [5, 5.41) is 14.4. The van der Waals surface area contributed by atoms with Crippen LogP contribution in [0.25, 0.3) is 22.5 Å². The van der Waals surface area contributed by atoms with Gasteiger partial charge in [0.25, 0.3) is 5.91 Å². The molecule has 4 N–H and O–H groups in total. The zero-order valence-corrected chi connectivity index (χ0v) is 29.7. The quantitative estimate of drug-likeness (QED) is 0.156. The molecule has 6 rings (SSSR count). The molecule has 1 saturated carbocycles. The predicted octanol–water partition coefficient (Wildman–Crippen LogP) is 7.21. The second kappa shape index (κ2) is 14.7. The Bertz CT molecular complexity index is 1850. The van der Waals surface area contributed by atoms with Gasteiger partial charge in [0, 0.05) is 29.4 Å². The number of carbonyl (C=O) groups excluding carboxylic acids is 2. The van der Waals surface area contributed by atoms with Gasteiger partial charge < -0.3 is 15.8 Å². The number of guanidine groups is 1. The summed E-state index contributed by atoms with van der Waals surface area (Å²) in [6.45, 7) is 8.18. The van der Waals surface area contributed by atoms with Crippen molar-refractivity contribution in [2.24, 2.45) is 16.1 Å². The molecule has 16 heteroatoms. The second-order valence-corrected chi connectivity index (χ2v) is 14.2. The summed E-state index contributed by atoms with van der Waals surface area (Å²) in [6.07, 6.45) is 3.34. The minimum atomic E-state index is -4.06. The van der Waals surface area contributed by atoms with Crippen LogP contribution < -0.4 is 11.1 Å². The topological polar surface area (TPSA) is 156 Å². The molecule has 3 heterocycles. The van der Waals surface area contributed by atoms with Crippen molar-refractivity contribution < 1.29 is 27.5 Å². The molecule has 2 aliphatic rings. The maximum absolute atomic E-state index is 13.9. The van der Waals surface area contributed by atoms with E-state index in [-0.39, 0.29) is 24.0 Å². The lowest BCUT2D eigenvalue weighted by Crippen LogP contribution is -2.44. The first kappa shape index (κ1) is 37.3. The van der Waals surface area contributed by atoms with Gasteiger partial charge in [0.1, 0.15) is 12.9 Å². The summed E-state index contributed by atoms with van der Waals surface area (Å²) < 4.78 is 42.2. The number of hydrogen-bond acceptors (Lipinski definition) is 8. The lowest BCUT2D eigenvalue weighted by molar-refractivity contribution is -0.204. The number of carbonyl (C=O) groups is 2. The molecule has 1 fully saturated rings. The van der Waals surface area contributed by atoms with Crippen LogP contribution >= 0.6 is 11.6 Å². The number of hydrogen-bond donors (Lipinski definition) is 3. The summed E-state index contributed by atoms with van der Waals surface area (Å²) >= 11 is 6.48. The van der Waals surface area contributed by atoms with Gasteiger partial charge in [-0.15, -0.1) is 0 Å². The maximum Gasteiger partial charge on any atom is 0.407 e. The van der Waals surface area contributed by atoms with Crippen molar-refractivity contribution in [3.63, 3.8) is 0 Å². The Morgan fingerprint density at radius 2 is 1.84 bits per heavy atom. The molecule has 12 nitrogen and oxygen atoms in total. The Kier molecular flexibility index (Phi) is 10.8. The average Bonchev–Trinajstić information content (AvgIpc) is 3.43. The Hall–Kier alpha value is -4.92. The van der Waals surface area contributed by atoms with E-state index in [1.165, 1.54) is 11.2 Å². The molecule has 1 aliphatic carbocycles. The number of aryl methyl sites for hydroxylation is 1. The summed E-state index contributed by atoms with van der Waals surface area (Å²) in [7, 11) is 0. The number of alkyl carbamates (subject to hydrolysis) is 1. The highest BCUT2D eigenvalue weighted by atomic mass is 35.5. The zero-order chi connectivity index (χ0) is 37.1. The molecule has 2 aromatic carbocycles. The SMILES string of the molecule is CC(C)(C)C(F)(F)F.CCCn1cc(-c2ccc([C@H]3N=C(N)N(C(COC(=O)NC4(C)CC4)c4ccc(Cl)c(-c5ncn[nH]5)c4)C3=O)cc2)cn1. The van der Waals surface area contributed by atoms with Crippen LogP contribution in [0.3, 0.4) is 0 Å². The fraction of sp³-hybridized carbons (Fsp3) is 0.429. The number of nitrogens with one attached hydrogen (secondary N) is 2. The van der Waals surface area contributed by atoms with E-state index in [1.54, 1.807) is 18.2 Å². The molecule has 4 aromatic rings. The van der Waals surface area contributed by atoms with Crippen LogP contribution in [-0.4, -0.2) is 66.1 Å². The summed E-state index contributed by atoms with van der Waals surface area (Å²) in [4.78, 5) is 36.7. The lowest BCUT2D eigenvalue weighted by Gasteiger charge is -2.28. The van der Waals surface area contributed by atoms with Gasteiger partial charge in [-0.25, -0.2) is 14.8 Å². The van der Waals surface area contributed by atoms with Gasteiger partial charge in [0.05, 0.1) is 22.7 Å². The molecular weight excluding hydrogens is 687 g/mol. The largest absolute Gasteiger partial charge is 0.447 e. The zero-order valence-electron chi connectivity index (χ0n) is 29.0. The van der Waals surface area contributed by atoms with Crippen LogP contribution in [0.4, 0.5) is 18.0 Å². The number of benzene rings is 2. The number of nitrogens with zero attached hydrogens (tertiary/aromatic N) is 6. The van der Waals surface area contributed by atoms with Gasteiger partial charge >= 0.3 is 12.3 Å². The fourth-order valence-corrected chi connectivity index (χ4v) is 5.29. The number of alkyl halides is 3. The normalized spacial score (nSPS) is 17.4. The first-order valence-electron chi connectivity index (χ1n) is 16.5. The number of aliphatic imine (C=N–C) groups is 1. The van der Waals surface area contributed by atoms with Crippen molar-refractivity contribution in [2.75, 3.05) is 6.61 Å². The Morgan fingerprint density at radius 3 is 2.43 bits per heavy atom. The maximum atomic E-state index is 13.9. The van der Waals surface area contributed by atoms with Crippen LogP contribution in [0.15, 0.2) is 66.2 Å². The van der Waals surface area contributed by atoms with Crippen LogP contribution in [-0.2, 0) is 16.1 Å². The smallest absolute Gasteiger partial charge is 0.407 e. The third kappa shape index (κ3) is 8.88. The summed E-state index contributed by atoms with van der Waals surface area (Å²) in [5.41, 5.74) is 8.45. The minimum Gasteiger partial charge on any atom is -0.447 e. The lowest BCUT2D eigenvalue weighted by atomic mass is 9.96. The molecule has 2 atom stereocenters. The van der Waals surface area contributed by atoms with E-state index in [0.29, 0.717) is 27.5 Å². The number of aromatic amines is 1. The van der Waals surface area contributed by atoms with Gasteiger partial charge in [0.15, 0.2) is 17.8 Å². The molecule has 0 saturated heterocycles. The summed E-state index contributed by atoms with van der Waals surface area (Å²) in [6, 6.07) is 11.2. The van der Waals surface area contributed by atoms with E-state index in [2.05, 4.69) is 37.5 Å². The molecular formula is C35H41ClF3N9O3. The number of H-pyrrole nitrogens is 1. The van der Waals surface area contributed by atoms with Crippen LogP contribution in [0, 0.1) is 5.41 Å². The third-order valence-electron chi connectivity index (χ3n) is 8.61. The van der Waals surface area contributed by atoms with Gasteiger partial charge in [-0.05, 0) is 55.0 Å². The highest BCUT2D eigenvalue weighted by Gasteiger charge is 2.43. The van der Waals surface area contributed by atoms with Crippen molar-refractivity contribution >= 4 is 29.6 Å². The van der Waals surface area contributed by atoms with Crippen molar-refractivity contribution in [1.29, 1.82) is 0 Å². The molecule has 1 unspecified atom stereocenters. The minimum absolute atomic E-state index is 0.0271. The molecule has 0 radical (unpaired) electrons. The van der Waals surface area contributed by atoms with Crippen molar-refractivity contribution in [3.8, 4) is 22.5 Å². The molecule has 2 aromatic heterocycles. The van der Waals surface area contributed by atoms with Gasteiger partial charge in [-0.2, -0.15) is 23.4 Å². The van der Waals surface area contributed by atoms with E-state index < -0.39 is 29.8 Å². The Labute approximate surface area is 298 Å². The first-order chi connectivity index (χ1) is 24.0. The van der Waals surface area contributed by atoms with Crippen LogP contribution in [0.1, 0.15) is 77.1 Å². The average molecular weight is 728 g/mol. The molecule has 0 spiro atoms. The second-order valence-electron chi connectivity index (χ2n) is 13.8. The number of halogens is 4. The van der Waals surface area contributed by atoms with Gasteiger partial charge in [0.2, 0.25) is 0 Å². The first-order valence-corrected chi connectivity index (χ1v) is 16.8. The monoisotopic (exact) mass is 727 g/mol. The van der Waals surface area contributed by atoms with Gasteiger partial charge in [-0.3, -0.25) is 19.5 Å². The van der Waals surface area contributed by atoms with Crippen LogP contribution in [0.5, 0.6) is 0 Å². The fourth-order valence-electron chi connectivity index (χ4n) is 5.08. The number of aromatic nitrogens is 5. The Morgan fingerprint density at radius 1 is 1.16 bits per heavy atom. The number of ether oxygens (including phenoxy) is 1. The van der Waals surface area contributed by atoms with E-state index >= 15 is 0 Å². The standard InChI is InChI=1S/C30H32ClN9O3.C5H9F3/c1-3-12-39-15-21(14-35-39)18-4-6-19(7-5-18)25-27(41)40(28(32)36-25)24(16-43-29(42)37-30(2)10-11-30)20-8-9-23(31)22(13-20)26-33-17-34-38-26;1-4(2,3)5(6,7)8/h4-9,13-15,17,24-25H,3,10-12,16H2,1-2H3,(H2,32,36)(H,37,42)(H,33,34,38);1-3H3/t24?,25-;/m1./s1. The van der Waals surface area contributed by atoms with E-state index in [4.69, 9.17) is 22.1 Å². The van der Waals surface area contributed by atoms with E-state index in [0.717, 1.165) is 57.7 Å². The van der Waals surface area contributed by atoms with Gasteiger partial charge in [-0.1, -0.05) is 69.6 Å². The Balaban J connectivity index is 0.000000565. The molecule has 1 aliphatic heterocycles. The van der Waals surface area contributed by atoms with Crippen molar-refractivity contribution in [3.05, 3.63) is 77.3 Å². The number of nitrogens with two attached hydrogens (primary N) is 1. The van der Waals surface area contributed by atoms with Crippen molar-refractivity contribution in [1.82, 2.24) is 35.2 Å². The summed E-state index contributed by atoms with van der Waals surface area (Å²) in [5.74, 6) is 0.151. The molecule has 51 heavy (non-hydrogen) atoms. The predicted molar refractivity (Wildman–Crippen MR) is 186 cm³/mol. The van der Waals surface area contributed by atoms with E-state index in [9.17, 15) is 22.8 Å². The van der Waals surface area contributed by atoms with Crippen molar-refractivity contribution in [2.45, 2.75) is 84.2 Å². The molecule has 2 amide bonds. The molecule has 272 valence electrons. The number of amides is 2. The van der Waals surface area contributed by atoms with Crippen LogP contribution in [0.2, 0.25) is 5.02 Å². The number of rotatable bonds is 10. The van der Waals surface area contributed by atoms with E-state index in [1.807, 2.05) is 48.3 Å². The molecule has 0 bridgehead atoms. The highest BCUT2D eigenvalue weighted by Crippen LogP contribution is 2.38. The third-order valence-corrected chi connectivity index (χ3v) is 8.94. The highest BCUT2D eigenvalue weighted by molar-refractivity contribution is 6.33.